The highest BCUT2D eigenvalue weighted by Gasteiger charge is 2.06. The molecule has 0 radical (unpaired) electrons. The summed E-state index contributed by atoms with van der Waals surface area (Å²) in [5, 5.41) is 8.72. The number of rotatable bonds is 3. The number of hydrogen-bond donors (Lipinski definition) is 1. The largest absolute Gasteiger partial charge is 0.384 e. The van der Waals surface area contributed by atoms with Crippen LogP contribution in [0.2, 0.25) is 0 Å². The van der Waals surface area contributed by atoms with E-state index in [2.05, 4.69) is 11.8 Å². The molecule has 0 saturated carbocycles. The maximum absolute atomic E-state index is 13.5. The van der Waals surface area contributed by atoms with Gasteiger partial charge in [0.15, 0.2) is 0 Å². The van der Waals surface area contributed by atoms with Crippen LogP contribution in [0.25, 0.3) is 0 Å². The van der Waals surface area contributed by atoms with Gasteiger partial charge in [-0.1, -0.05) is 30.0 Å². The summed E-state index contributed by atoms with van der Waals surface area (Å²) in [5.74, 6) is 5.02. The maximum atomic E-state index is 13.5. The minimum Gasteiger partial charge on any atom is -0.384 e. The van der Waals surface area contributed by atoms with E-state index in [1.54, 1.807) is 0 Å². The fourth-order valence-corrected chi connectivity index (χ4v) is 2.61. The lowest BCUT2D eigenvalue weighted by molar-refractivity contribution is 0.350. The minimum absolute atomic E-state index is 0.208. The third-order valence-electron chi connectivity index (χ3n) is 2.60. The molecular weight excluding hydrogens is 278 g/mol. The van der Waals surface area contributed by atoms with E-state index in [1.807, 2.05) is 24.3 Å². The first-order valence-corrected chi connectivity index (χ1v) is 6.95. The van der Waals surface area contributed by atoms with Crippen molar-refractivity contribution in [3.05, 3.63) is 65.2 Å². The van der Waals surface area contributed by atoms with E-state index in [4.69, 9.17) is 5.11 Å². The Hall–Kier alpha value is -1.83. The molecule has 2 rings (SSSR count). The van der Waals surface area contributed by atoms with Gasteiger partial charge in [-0.05, 0) is 29.8 Å². The molecule has 2 aromatic carbocycles. The van der Waals surface area contributed by atoms with E-state index < -0.39 is 11.6 Å². The van der Waals surface area contributed by atoms with Crippen molar-refractivity contribution in [2.45, 2.75) is 10.6 Å². The molecule has 102 valence electrons. The minimum atomic E-state index is -0.456. The van der Waals surface area contributed by atoms with Crippen molar-refractivity contribution >= 4 is 11.8 Å². The molecule has 1 N–H and O–H groups in total. The second-order valence-electron chi connectivity index (χ2n) is 3.98. The summed E-state index contributed by atoms with van der Waals surface area (Å²) in [6.45, 7) is -0.208. The normalized spacial score (nSPS) is 9.95. The Kier molecular flexibility index (Phi) is 5.16. The van der Waals surface area contributed by atoms with Crippen LogP contribution in [0.1, 0.15) is 11.1 Å². The van der Waals surface area contributed by atoms with Crippen molar-refractivity contribution in [1.82, 2.24) is 0 Å². The Labute approximate surface area is 120 Å². The van der Waals surface area contributed by atoms with Crippen molar-refractivity contribution < 1.29 is 13.9 Å². The van der Waals surface area contributed by atoms with Gasteiger partial charge in [0, 0.05) is 16.2 Å². The fraction of sp³-hybridized carbons (Fsp3) is 0.125. The van der Waals surface area contributed by atoms with E-state index in [0.29, 0.717) is 5.75 Å². The predicted octanol–water partition coefficient (Wildman–Crippen LogP) is 3.60. The second-order valence-corrected chi connectivity index (χ2v) is 5.00. The monoisotopic (exact) mass is 290 g/mol. The zero-order chi connectivity index (χ0) is 14.4. The zero-order valence-corrected chi connectivity index (χ0v) is 11.4. The number of hydrogen-bond acceptors (Lipinski definition) is 2. The molecule has 0 unspecified atom stereocenters. The van der Waals surface area contributed by atoms with Gasteiger partial charge in [0.05, 0.1) is 0 Å². The first-order chi connectivity index (χ1) is 9.70. The molecule has 0 saturated heterocycles. The molecule has 0 aromatic heterocycles. The van der Waals surface area contributed by atoms with Crippen molar-refractivity contribution in [2.24, 2.45) is 0 Å². The van der Waals surface area contributed by atoms with Crippen LogP contribution in [0, 0.1) is 23.5 Å². The molecule has 2 aromatic rings. The van der Waals surface area contributed by atoms with Gasteiger partial charge >= 0.3 is 0 Å². The SMILES string of the molecule is OCC#Cc1ccccc1CSc1cc(F)ccc1F. The van der Waals surface area contributed by atoms with Crippen LogP contribution in [-0.2, 0) is 5.75 Å². The smallest absolute Gasteiger partial charge is 0.136 e. The number of aliphatic hydroxyl groups excluding tert-OH is 1. The third-order valence-corrected chi connectivity index (χ3v) is 3.68. The van der Waals surface area contributed by atoms with Gasteiger partial charge in [-0.3, -0.25) is 0 Å². The molecule has 0 atom stereocenters. The fourth-order valence-electron chi connectivity index (χ4n) is 1.65. The summed E-state index contributed by atoms with van der Waals surface area (Å²) < 4.78 is 26.6. The summed E-state index contributed by atoms with van der Waals surface area (Å²) in [7, 11) is 0. The Morgan fingerprint density at radius 1 is 1.10 bits per heavy atom. The highest BCUT2D eigenvalue weighted by atomic mass is 32.2. The molecular formula is C16H12F2OS. The Morgan fingerprint density at radius 2 is 1.90 bits per heavy atom. The van der Waals surface area contributed by atoms with Crippen molar-refractivity contribution in [2.75, 3.05) is 6.61 Å². The van der Waals surface area contributed by atoms with E-state index in [-0.39, 0.29) is 11.5 Å². The van der Waals surface area contributed by atoms with Gasteiger partial charge in [0.1, 0.15) is 18.2 Å². The van der Waals surface area contributed by atoms with Gasteiger partial charge in [0.2, 0.25) is 0 Å². The summed E-state index contributed by atoms with van der Waals surface area (Å²) in [4.78, 5) is 0.273. The van der Waals surface area contributed by atoms with Crippen LogP contribution in [0.4, 0.5) is 8.78 Å². The van der Waals surface area contributed by atoms with Crippen LogP contribution in [0.3, 0.4) is 0 Å². The summed E-state index contributed by atoms with van der Waals surface area (Å²) in [5.41, 5.74) is 1.70. The molecule has 0 bridgehead atoms. The second kappa shape index (κ2) is 7.09. The molecule has 1 nitrogen and oxygen atoms in total. The predicted molar refractivity (Wildman–Crippen MR) is 76.3 cm³/mol. The van der Waals surface area contributed by atoms with Gasteiger partial charge in [-0.2, -0.15) is 0 Å². The van der Waals surface area contributed by atoms with E-state index >= 15 is 0 Å². The van der Waals surface area contributed by atoms with Crippen LogP contribution in [-0.4, -0.2) is 11.7 Å². The lowest BCUT2D eigenvalue weighted by atomic mass is 10.1. The quantitative estimate of drug-likeness (QED) is 0.688. The van der Waals surface area contributed by atoms with Crippen LogP contribution in [0.5, 0.6) is 0 Å². The number of aliphatic hydroxyl groups is 1. The lowest BCUT2D eigenvalue weighted by Gasteiger charge is -2.06. The molecule has 0 amide bonds. The maximum Gasteiger partial charge on any atom is 0.136 e. The average Bonchev–Trinajstić information content (AvgIpc) is 2.47. The van der Waals surface area contributed by atoms with Gasteiger partial charge in [-0.15, -0.1) is 11.8 Å². The van der Waals surface area contributed by atoms with E-state index in [9.17, 15) is 8.78 Å². The molecule has 0 fully saturated rings. The summed E-state index contributed by atoms with van der Waals surface area (Å²) in [6.07, 6.45) is 0. The summed E-state index contributed by atoms with van der Waals surface area (Å²) in [6, 6.07) is 10.8. The number of halogens is 2. The summed E-state index contributed by atoms with van der Waals surface area (Å²) >= 11 is 1.22. The first kappa shape index (κ1) is 14.6. The van der Waals surface area contributed by atoms with Crippen LogP contribution < -0.4 is 0 Å². The van der Waals surface area contributed by atoms with Crippen LogP contribution >= 0.6 is 11.8 Å². The Bertz CT molecular complexity index is 659. The topological polar surface area (TPSA) is 20.2 Å². The van der Waals surface area contributed by atoms with Gasteiger partial charge in [0.25, 0.3) is 0 Å². The van der Waals surface area contributed by atoms with Gasteiger partial charge in [-0.25, -0.2) is 8.78 Å². The molecule has 0 aliphatic rings. The molecule has 20 heavy (non-hydrogen) atoms. The Balaban J connectivity index is 2.17. The van der Waals surface area contributed by atoms with Crippen LogP contribution in [0.15, 0.2) is 47.4 Å². The van der Waals surface area contributed by atoms with Crippen molar-refractivity contribution in [3.8, 4) is 11.8 Å². The molecule has 0 heterocycles. The molecule has 0 aliphatic carbocycles. The van der Waals surface area contributed by atoms with E-state index in [1.165, 1.54) is 17.8 Å². The number of benzene rings is 2. The van der Waals surface area contributed by atoms with Gasteiger partial charge < -0.3 is 5.11 Å². The molecule has 0 aliphatic heterocycles. The lowest BCUT2D eigenvalue weighted by Crippen LogP contribution is -1.89. The van der Waals surface area contributed by atoms with Crippen molar-refractivity contribution in [3.63, 3.8) is 0 Å². The number of thioether (sulfide) groups is 1. The standard InChI is InChI=1S/C16H12F2OS/c17-14-7-8-15(18)16(10-14)20-11-13-5-2-1-4-12(13)6-3-9-19/h1-2,4-5,7-8,10,19H,9,11H2. The van der Waals surface area contributed by atoms with E-state index in [0.717, 1.165) is 23.3 Å². The Morgan fingerprint density at radius 3 is 2.70 bits per heavy atom. The first-order valence-electron chi connectivity index (χ1n) is 5.96. The van der Waals surface area contributed by atoms with Crippen molar-refractivity contribution in [1.29, 1.82) is 0 Å². The average molecular weight is 290 g/mol. The third kappa shape index (κ3) is 3.83. The zero-order valence-electron chi connectivity index (χ0n) is 10.6. The highest BCUT2D eigenvalue weighted by molar-refractivity contribution is 7.98. The molecule has 0 spiro atoms. The molecule has 4 heteroatoms. The highest BCUT2D eigenvalue weighted by Crippen LogP contribution is 2.27.